The van der Waals surface area contributed by atoms with Gasteiger partial charge in [0, 0.05) is 5.56 Å². The largest absolute Gasteiger partial charge is 0.507 e. The summed E-state index contributed by atoms with van der Waals surface area (Å²) in [4.78, 5) is 0. The Morgan fingerprint density at radius 2 is 1.60 bits per heavy atom. The molecule has 0 aromatic heterocycles. The van der Waals surface area contributed by atoms with Crippen LogP contribution in [0.4, 0.5) is 0 Å². The van der Waals surface area contributed by atoms with E-state index in [0.29, 0.717) is 5.75 Å². The zero-order valence-electron chi connectivity index (χ0n) is 12.7. The molecule has 0 saturated carbocycles. The fraction of sp³-hybridized carbons (Fsp3) is 0.368. The topological polar surface area (TPSA) is 20.2 Å². The predicted octanol–water partition coefficient (Wildman–Crippen LogP) is 5.41. The number of phenols is 1. The van der Waals surface area contributed by atoms with Crippen molar-refractivity contribution in [2.75, 3.05) is 0 Å². The SMILES string of the molecule is CCCCCc1ccc(O)c(-c2cc(C)cc(C)c2)c1. The van der Waals surface area contributed by atoms with Crippen molar-refractivity contribution in [2.24, 2.45) is 0 Å². The maximum atomic E-state index is 10.1. The van der Waals surface area contributed by atoms with Gasteiger partial charge in [0.2, 0.25) is 0 Å². The first-order chi connectivity index (χ1) is 9.60. The van der Waals surface area contributed by atoms with Crippen molar-refractivity contribution in [3.63, 3.8) is 0 Å². The first-order valence-electron chi connectivity index (χ1n) is 7.50. The van der Waals surface area contributed by atoms with Crippen LogP contribution in [-0.2, 0) is 6.42 Å². The Balaban J connectivity index is 2.32. The molecule has 0 aliphatic rings. The molecule has 2 aromatic rings. The fourth-order valence-corrected chi connectivity index (χ4v) is 2.68. The Bertz CT molecular complexity index is 564. The average molecular weight is 268 g/mol. The normalized spacial score (nSPS) is 10.8. The summed E-state index contributed by atoms with van der Waals surface area (Å²) in [6.45, 7) is 6.41. The predicted molar refractivity (Wildman–Crippen MR) is 86.2 cm³/mol. The Hall–Kier alpha value is -1.76. The van der Waals surface area contributed by atoms with E-state index >= 15 is 0 Å². The number of hydrogen-bond donors (Lipinski definition) is 1. The molecule has 2 rings (SSSR count). The molecule has 0 aliphatic carbocycles. The number of rotatable bonds is 5. The van der Waals surface area contributed by atoms with E-state index in [0.717, 1.165) is 17.5 Å². The number of benzene rings is 2. The summed E-state index contributed by atoms with van der Waals surface area (Å²) < 4.78 is 0. The third-order valence-electron chi connectivity index (χ3n) is 3.66. The Morgan fingerprint density at radius 1 is 0.900 bits per heavy atom. The lowest BCUT2D eigenvalue weighted by atomic mass is 9.97. The summed E-state index contributed by atoms with van der Waals surface area (Å²) in [5, 5.41) is 10.1. The Kier molecular flexibility index (Phi) is 4.84. The number of hydrogen-bond acceptors (Lipinski definition) is 1. The summed E-state index contributed by atoms with van der Waals surface area (Å²) in [6.07, 6.45) is 4.81. The van der Waals surface area contributed by atoms with Gasteiger partial charge in [0.1, 0.15) is 5.75 Å². The van der Waals surface area contributed by atoms with Crippen LogP contribution in [0, 0.1) is 13.8 Å². The van der Waals surface area contributed by atoms with Crippen LogP contribution in [0.1, 0.15) is 42.9 Å². The fourth-order valence-electron chi connectivity index (χ4n) is 2.68. The number of phenolic OH excluding ortho intramolecular Hbond substituents is 1. The molecule has 1 nitrogen and oxygen atoms in total. The molecule has 106 valence electrons. The smallest absolute Gasteiger partial charge is 0.123 e. The molecular weight excluding hydrogens is 244 g/mol. The van der Waals surface area contributed by atoms with Crippen LogP contribution < -0.4 is 0 Å². The molecule has 1 heteroatoms. The van der Waals surface area contributed by atoms with Gasteiger partial charge in [-0.1, -0.05) is 55.2 Å². The average Bonchev–Trinajstić information content (AvgIpc) is 2.40. The number of unbranched alkanes of at least 4 members (excludes halogenated alkanes) is 2. The molecule has 0 spiro atoms. The van der Waals surface area contributed by atoms with Gasteiger partial charge in [0.05, 0.1) is 0 Å². The molecule has 0 amide bonds. The minimum absolute atomic E-state index is 0.370. The maximum absolute atomic E-state index is 10.1. The van der Waals surface area contributed by atoms with E-state index in [1.165, 1.54) is 36.0 Å². The Morgan fingerprint density at radius 3 is 2.25 bits per heavy atom. The first-order valence-corrected chi connectivity index (χ1v) is 7.50. The summed E-state index contributed by atoms with van der Waals surface area (Å²) in [7, 11) is 0. The molecule has 1 N–H and O–H groups in total. The second-order valence-electron chi connectivity index (χ2n) is 5.68. The molecule has 0 radical (unpaired) electrons. The molecule has 0 heterocycles. The number of aromatic hydroxyl groups is 1. The van der Waals surface area contributed by atoms with Crippen molar-refractivity contribution in [2.45, 2.75) is 46.5 Å². The van der Waals surface area contributed by atoms with Gasteiger partial charge in [-0.15, -0.1) is 0 Å². The highest BCUT2D eigenvalue weighted by atomic mass is 16.3. The second kappa shape index (κ2) is 6.60. The highest BCUT2D eigenvalue weighted by Gasteiger charge is 2.07. The molecule has 20 heavy (non-hydrogen) atoms. The minimum Gasteiger partial charge on any atom is -0.507 e. The van der Waals surface area contributed by atoms with E-state index in [-0.39, 0.29) is 0 Å². The van der Waals surface area contributed by atoms with Crippen LogP contribution in [0.5, 0.6) is 5.75 Å². The number of aryl methyl sites for hydroxylation is 3. The van der Waals surface area contributed by atoms with Crippen molar-refractivity contribution in [3.05, 3.63) is 53.1 Å². The molecule has 0 fully saturated rings. The van der Waals surface area contributed by atoms with Crippen LogP contribution in [0.2, 0.25) is 0 Å². The van der Waals surface area contributed by atoms with Gasteiger partial charge in [-0.05, 0) is 49.9 Å². The highest BCUT2D eigenvalue weighted by Crippen LogP contribution is 2.31. The van der Waals surface area contributed by atoms with Crippen LogP contribution in [-0.4, -0.2) is 5.11 Å². The first kappa shape index (κ1) is 14.6. The lowest BCUT2D eigenvalue weighted by Gasteiger charge is -2.10. The molecule has 0 bridgehead atoms. The van der Waals surface area contributed by atoms with E-state index in [4.69, 9.17) is 0 Å². The van der Waals surface area contributed by atoms with Crippen LogP contribution >= 0.6 is 0 Å². The van der Waals surface area contributed by atoms with Crippen molar-refractivity contribution >= 4 is 0 Å². The van der Waals surface area contributed by atoms with E-state index in [2.05, 4.69) is 45.0 Å². The Labute approximate surface area is 122 Å². The lowest BCUT2D eigenvalue weighted by Crippen LogP contribution is -1.89. The van der Waals surface area contributed by atoms with Gasteiger partial charge in [0.15, 0.2) is 0 Å². The second-order valence-corrected chi connectivity index (χ2v) is 5.68. The molecule has 0 aliphatic heterocycles. The van der Waals surface area contributed by atoms with E-state index in [1.807, 2.05) is 12.1 Å². The van der Waals surface area contributed by atoms with Gasteiger partial charge in [0.25, 0.3) is 0 Å². The van der Waals surface area contributed by atoms with Crippen molar-refractivity contribution in [1.29, 1.82) is 0 Å². The maximum Gasteiger partial charge on any atom is 0.123 e. The molecular formula is C19H24O. The standard InChI is InChI=1S/C19H24O/c1-4-5-6-7-16-8-9-19(20)18(13-16)17-11-14(2)10-15(3)12-17/h8-13,20H,4-7H2,1-3H3. The third-order valence-corrected chi connectivity index (χ3v) is 3.66. The summed E-state index contributed by atoms with van der Waals surface area (Å²) in [5.74, 6) is 0.370. The van der Waals surface area contributed by atoms with Crippen LogP contribution in [0.3, 0.4) is 0 Å². The molecule has 0 saturated heterocycles. The zero-order chi connectivity index (χ0) is 14.5. The van der Waals surface area contributed by atoms with Crippen molar-refractivity contribution in [1.82, 2.24) is 0 Å². The van der Waals surface area contributed by atoms with Gasteiger partial charge < -0.3 is 5.11 Å². The summed E-state index contributed by atoms with van der Waals surface area (Å²) in [6, 6.07) is 12.4. The quantitative estimate of drug-likeness (QED) is 0.719. The van der Waals surface area contributed by atoms with Crippen molar-refractivity contribution in [3.8, 4) is 16.9 Å². The van der Waals surface area contributed by atoms with Gasteiger partial charge in [-0.25, -0.2) is 0 Å². The monoisotopic (exact) mass is 268 g/mol. The molecule has 2 aromatic carbocycles. The van der Waals surface area contributed by atoms with Gasteiger partial charge in [-0.2, -0.15) is 0 Å². The highest BCUT2D eigenvalue weighted by molar-refractivity contribution is 5.72. The van der Waals surface area contributed by atoms with E-state index in [9.17, 15) is 5.11 Å². The van der Waals surface area contributed by atoms with E-state index < -0.39 is 0 Å². The van der Waals surface area contributed by atoms with Crippen LogP contribution in [0.15, 0.2) is 36.4 Å². The van der Waals surface area contributed by atoms with Gasteiger partial charge in [-0.3, -0.25) is 0 Å². The summed E-state index contributed by atoms with van der Waals surface area (Å²) >= 11 is 0. The summed E-state index contributed by atoms with van der Waals surface area (Å²) in [5.41, 5.74) is 5.83. The minimum atomic E-state index is 0.370. The van der Waals surface area contributed by atoms with Gasteiger partial charge >= 0.3 is 0 Å². The van der Waals surface area contributed by atoms with E-state index in [1.54, 1.807) is 0 Å². The van der Waals surface area contributed by atoms with Crippen LogP contribution in [0.25, 0.3) is 11.1 Å². The zero-order valence-corrected chi connectivity index (χ0v) is 12.7. The third kappa shape index (κ3) is 3.63. The molecule has 0 atom stereocenters. The van der Waals surface area contributed by atoms with Crippen molar-refractivity contribution < 1.29 is 5.11 Å². The lowest BCUT2D eigenvalue weighted by molar-refractivity contribution is 0.477. The molecule has 0 unspecified atom stereocenters.